The molecule has 1 heteroatoms. The second kappa shape index (κ2) is 5.18. The second-order valence-electron chi connectivity index (χ2n) is 4.43. The van der Waals surface area contributed by atoms with Gasteiger partial charge in [-0.1, -0.05) is 37.1 Å². The Balaban J connectivity index is 2.19. The highest BCUT2D eigenvalue weighted by atomic mass is 15.1. The van der Waals surface area contributed by atoms with Gasteiger partial charge in [0.2, 0.25) is 0 Å². The number of hydrogen-bond donors (Lipinski definition) is 0. The van der Waals surface area contributed by atoms with Gasteiger partial charge in [-0.2, -0.15) is 0 Å². The molecule has 0 fully saturated rings. The summed E-state index contributed by atoms with van der Waals surface area (Å²) < 4.78 is 0. The van der Waals surface area contributed by atoms with Crippen LogP contribution in [-0.2, 0) is 6.42 Å². The first-order valence-corrected chi connectivity index (χ1v) is 6.12. The Morgan fingerprint density at radius 1 is 1.44 bits per heavy atom. The molecule has 0 saturated heterocycles. The highest BCUT2D eigenvalue weighted by Gasteiger charge is 2.26. The topological polar surface area (TPSA) is 3.24 Å². The summed E-state index contributed by atoms with van der Waals surface area (Å²) in [5.41, 5.74) is 3.00. The van der Waals surface area contributed by atoms with E-state index in [0.29, 0.717) is 6.04 Å². The molecule has 2 rings (SSSR count). The molecule has 1 aromatic rings. The monoisotopic (exact) mass is 213 g/mol. The third-order valence-electron chi connectivity index (χ3n) is 3.35. The zero-order chi connectivity index (χ0) is 11.4. The molecule has 0 unspecified atom stereocenters. The van der Waals surface area contributed by atoms with E-state index in [4.69, 9.17) is 6.42 Å². The Bertz CT molecular complexity index is 389. The number of aryl methyl sites for hydroxylation is 1. The van der Waals surface area contributed by atoms with E-state index < -0.39 is 0 Å². The molecule has 1 atom stereocenters. The van der Waals surface area contributed by atoms with Crippen molar-refractivity contribution in [3.63, 3.8) is 0 Å². The van der Waals surface area contributed by atoms with E-state index in [1.54, 1.807) is 0 Å². The van der Waals surface area contributed by atoms with Crippen molar-refractivity contribution in [1.82, 2.24) is 4.90 Å². The summed E-state index contributed by atoms with van der Waals surface area (Å²) in [6.45, 7) is 4.08. The van der Waals surface area contributed by atoms with Gasteiger partial charge in [0.15, 0.2) is 0 Å². The molecular formula is C15H19N. The zero-order valence-corrected chi connectivity index (χ0v) is 9.95. The van der Waals surface area contributed by atoms with Crippen molar-refractivity contribution < 1.29 is 0 Å². The van der Waals surface area contributed by atoms with Gasteiger partial charge in [-0.15, -0.1) is 6.42 Å². The van der Waals surface area contributed by atoms with Crippen molar-refractivity contribution in [1.29, 1.82) is 0 Å². The molecule has 0 aliphatic heterocycles. The van der Waals surface area contributed by atoms with Crippen molar-refractivity contribution in [3.05, 3.63) is 35.4 Å². The van der Waals surface area contributed by atoms with Gasteiger partial charge >= 0.3 is 0 Å². The first kappa shape index (κ1) is 11.2. The zero-order valence-electron chi connectivity index (χ0n) is 9.95. The highest BCUT2D eigenvalue weighted by Crippen LogP contribution is 2.35. The van der Waals surface area contributed by atoms with E-state index >= 15 is 0 Å². The van der Waals surface area contributed by atoms with E-state index in [0.717, 1.165) is 13.1 Å². The molecular weight excluding hydrogens is 194 g/mol. The summed E-state index contributed by atoms with van der Waals surface area (Å²) in [6, 6.07) is 9.32. The van der Waals surface area contributed by atoms with Crippen molar-refractivity contribution >= 4 is 0 Å². The Kier molecular flexibility index (Phi) is 3.64. The highest BCUT2D eigenvalue weighted by molar-refractivity contribution is 5.34. The molecule has 0 saturated carbocycles. The van der Waals surface area contributed by atoms with Crippen LogP contribution in [0, 0.1) is 12.3 Å². The van der Waals surface area contributed by atoms with E-state index in [-0.39, 0.29) is 0 Å². The van der Waals surface area contributed by atoms with Crippen LogP contribution in [0.2, 0.25) is 0 Å². The standard InChI is InChI=1S/C15H19N/c1-3-11-16(12-4-2)15-10-9-13-7-5-6-8-14(13)15/h1,5-8,15H,4,9-12H2,2H3/t15-/m1/s1. The summed E-state index contributed by atoms with van der Waals surface area (Å²) in [5, 5.41) is 0. The third kappa shape index (κ3) is 2.13. The van der Waals surface area contributed by atoms with Crippen LogP contribution >= 0.6 is 0 Å². The maximum Gasteiger partial charge on any atom is 0.0604 e. The van der Waals surface area contributed by atoms with Crippen LogP contribution in [0.15, 0.2) is 24.3 Å². The van der Waals surface area contributed by atoms with Crippen LogP contribution in [0.5, 0.6) is 0 Å². The maximum absolute atomic E-state index is 5.46. The van der Waals surface area contributed by atoms with Crippen LogP contribution < -0.4 is 0 Å². The molecule has 0 radical (unpaired) electrons. The molecule has 1 aliphatic rings. The quantitative estimate of drug-likeness (QED) is 0.695. The fraction of sp³-hybridized carbons (Fsp3) is 0.467. The largest absolute Gasteiger partial charge is 0.285 e. The van der Waals surface area contributed by atoms with Crippen molar-refractivity contribution in [2.24, 2.45) is 0 Å². The molecule has 0 aromatic heterocycles. The summed E-state index contributed by atoms with van der Waals surface area (Å²) in [6.07, 6.45) is 9.05. The van der Waals surface area contributed by atoms with Crippen molar-refractivity contribution in [2.75, 3.05) is 13.1 Å². The lowest BCUT2D eigenvalue weighted by Gasteiger charge is -2.27. The van der Waals surface area contributed by atoms with Crippen LogP contribution in [0.4, 0.5) is 0 Å². The maximum atomic E-state index is 5.46. The number of hydrogen-bond acceptors (Lipinski definition) is 1. The predicted molar refractivity (Wildman–Crippen MR) is 68.2 cm³/mol. The Morgan fingerprint density at radius 2 is 2.25 bits per heavy atom. The van der Waals surface area contributed by atoms with Gasteiger partial charge in [0.1, 0.15) is 0 Å². The average Bonchev–Trinajstić information content (AvgIpc) is 2.72. The minimum atomic E-state index is 0.548. The molecule has 1 aromatic carbocycles. The number of benzene rings is 1. The Morgan fingerprint density at radius 3 is 3.00 bits per heavy atom. The lowest BCUT2D eigenvalue weighted by atomic mass is 10.1. The predicted octanol–water partition coefficient (Wildman–Crippen LogP) is 3.02. The van der Waals surface area contributed by atoms with E-state index in [1.165, 1.54) is 30.4 Å². The van der Waals surface area contributed by atoms with Crippen LogP contribution in [-0.4, -0.2) is 18.0 Å². The van der Waals surface area contributed by atoms with Crippen LogP contribution in [0.1, 0.15) is 36.9 Å². The molecule has 16 heavy (non-hydrogen) atoms. The Hall–Kier alpha value is -1.26. The number of rotatable bonds is 4. The van der Waals surface area contributed by atoms with Gasteiger partial charge in [0.05, 0.1) is 6.54 Å². The molecule has 1 nitrogen and oxygen atoms in total. The summed E-state index contributed by atoms with van der Waals surface area (Å²) in [5.74, 6) is 2.79. The fourth-order valence-corrected chi connectivity index (χ4v) is 2.66. The number of nitrogens with zero attached hydrogens (tertiary/aromatic N) is 1. The van der Waals surface area contributed by atoms with Gasteiger partial charge in [-0.3, -0.25) is 4.90 Å². The van der Waals surface area contributed by atoms with E-state index in [1.807, 2.05) is 0 Å². The van der Waals surface area contributed by atoms with Crippen molar-refractivity contribution in [3.8, 4) is 12.3 Å². The summed E-state index contributed by atoms with van der Waals surface area (Å²) >= 11 is 0. The fourth-order valence-electron chi connectivity index (χ4n) is 2.66. The summed E-state index contributed by atoms with van der Waals surface area (Å²) in [7, 11) is 0. The van der Waals surface area contributed by atoms with Gasteiger partial charge < -0.3 is 0 Å². The summed E-state index contributed by atoms with van der Waals surface area (Å²) in [4.78, 5) is 2.44. The molecule has 0 heterocycles. The molecule has 0 N–H and O–H groups in total. The van der Waals surface area contributed by atoms with Gasteiger partial charge in [0.25, 0.3) is 0 Å². The smallest absolute Gasteiger partial charge is 0.0604 e. The SMILES string of the molecule is C#CCN(CCC)[C@@H]1CCc2ccccc21. The van der Waals surface area contributed by atoms with Crippen LogP contribution in [0.25, 0.3) is 0 Å². The Labute approximate surface area is 98.5 Å². The minimum absolute atomic E-state index is 0.548. The van der Waals surface area contributed by atoms with Crippen molar-refractivity contribution in [2.45, 2.75) is 32.2 Å². The molecule has 1 aliphatic carbocycles. The molecule has 0 amide bonds. The first-order chi connectivity index (χ1) is 7.86. The average molecular weight is 213 g/mol. The number of fused-ring (bicyclic) bond motifs is 1. The minimum Gasteiger partial charge on any atom is -0.285 e. The number of terminal acetylenes is 1. The molecule has 0 bridgehead atoms. The van der Waals surface area contributed by atoms with Gasteiger partial charge in [-0.25, -0.2) is 0 Å². The van der Waals surface area contributed by atoms with Gasteiger partial charge in [-0.05, 0) is 36.9 Å². The second-order valence-corrected chi connectivity index (χ2v) is 4.43. The molecule has 0 spiro atoms. The normalized spacial score (nSPS) is 18.4. The lowest BCUT2D eigenvalue weighted by molar-refractivity contribution is 0.222. The first-order valence-electron chi connectivity index (χ1n) is 6.12. The molecule has 84 valence electrons. The van der Waals surface area contributed by atoms with E-state index in [2.05, 4.69) is 42.0 Å². The van der Waals surface area contributed by atoms with E-state index in [9.17, 15) is 0 Å². The third-order valence-corrected chi connectivity index (χ3v) is 3.35. The van der Waals surface area contributed by atoms with Gasteiger partial charge in [0, 0.05) is 6.04 Å². The lowest BCUT2D eigenvalue weighted by Crippen LogP contribution is -2.28. The van der Waals surface area contributed by atoms with Crippen LogP contribution in [0.3, 0.4) is 0 Å².